The predicted octanol–water partition coefficient (Wildman–Crippen LogP) is 3.56. The van der Waals surface area contributed by atoms with E-state index in [9.17, 15) is 0 Å². The minimum absolute atomic E-state index is 0.299. The first-order chi connectivity index (χ1) is 7.07. The molecule has 0 aromatic heterocycles. The zero-order valence-electron chi connectivity index (χ0n) is 9.39. The summed E-state index contributed by atoms with van der Waals surface area (Å²) in [7, 11) is 0. The summed E-state index contributed by atoms with van der Waals surface area (Å²) in [5.74, 6) is 0.579. The number of hydrogen-bond acceptors (Lipinski definition) is 1. The Labute approximate surface area is 100 Å². The van der Waals surface area contributed by atoms with Crippen molar-refractivity contribution in [1.29, 1.82) is 0 Å². The fraction of sp³-hybridized carbons (Fsp3) is 0.538. The third-order valence-corrected chi connectivity index (χ3v) is 3.90. The van der Waals surface area contributed by atoms with Gasteiger partial charge in [0.1, 0.15) is 0 Å². The summed E-state index contributed by atoms with van der Waals surface area (Å²) in [6.45, 7) is 5.24. The first kappa shape index (κ1) is 11.2. The molecule has 2 N–H and O–H groups in total. The van der Waals surface area contributed by atoms with Gasteiger partial charge in [-0.25, -0.2) is 0 Å². The van der Waals surface area contributed by atoms with Crippen molar-refractivity contribution in [2.45, 2.75) is 38.0 Å². The highest BCUT2D eigenvalue weighted by atomic mass is 79.9. The van der Waals surface area contributed by atoms with E-state index in [1.165, 1.54) is 28.4 Å². The fourth-order valence-electron chi connectivity index (χ4n) is 2.01. The van der Waals surface area contributed by atoms with Crippen LogP contribution in [0, 0.1) is 0 Å². The normalized spacial score (nSPS) is 18.2. The van der Waals surface area contributed by atoms with Gasteiger partial charge in [-0.05, 0) is 42.0 Å². The van der Waals surface area contributed by atoms with Crippen LogP contribution in [0.4, 0.5) is 0 Å². The van der Waals surface area contributed by atoms with Crippen molar-refractivity contribution < 1.29 is 0 Å². The summed E-state index contributed by atoms with van der Waals surface area (Å²) in [6.07, 6.45) is 2.50. The lowest BCUT2D eigenvalue weighted by atomic mass is 9.92. The Morgan fingerprint density at radius 2 is 2.00 bits per heavy atom. The molecule has 0 bridgehead atoms. The Hall–Kier alpha value is -0.340. The molecule has 1 aliphatic carbocycles. The number of rotatable bonds is 3. The molecular weight excluding hydrogens is 250 g/mol. The number of hydrogen-bond donors (Lipinski definition) is 1. The Balaban J connectivity index is 2.40. The molecule has 1 aromatic rings. The minimum Gasteiger partial charge on any atom is -0.330 e. The first-order valence-corrected chi connectivity index (χ1v) is 6.38. The summed E-state index contributed by atoms with van der Waals surface area (Å²) >= 11 is 3.59. The summed E-state index contributed by atoms with van der Waals surface area (Å²) in [5.41, 5.74) is 8.98. The molecular formula is C13H18BrN. The Kier molecular flexibility index (Phi) is 2.91. The molecule has 0 aliphatic heterocycles. The van der Waals surface area contributed by atoms with Gasteiger partial charge in [-0.15, -0.1) is 0 Å². The molecule has 1 aliphatic rings. The van der Waals surface area contributed by atoms with Crippen molar-refractivity contribution in [1.82, 2.24) is 0 Å². The van der Waals surface area contributed by atoms with Gasteiger partial charge in [-0.1, -0.05) is 35.8 Å². The van der Waals surface area contributed by atoms with Gasteiger partial charge < -0.3 is 5.73 Å². The Morgan fingerprint density at radius 1 is 1.33 bits per heavy atom. The highest BCUT2D eigenvalue weighted by Crippen LogP contribution is 2.48. The second-order valence-electron chi connectivity index (χ2n) is 4.91. The Morgan fingerprint density at radius 3 is 2.47 bits per heavy atom. The molecule has 0 radical (unpaired) electrons. The number of benzene rings is 1. The van der Waals surface area contributed by atoms with Gasteiger partial charge in [0.2, 0.25) is 0 Å². The van der Waals surface area contributed by atoms with Crippen molar-refractivity contribution in [3.05, 3.63) is 33.8 Å². The summed E-state index contributed by atoms with van der Waals surface area (Å²) < 4.78 is 1.18. The van der Waals surface area contributed by atoms with E-state index < -0.39 is 0 Å². The van der Waals surface area contributed by atoms with E-state index in [0.29, 0.717) is 11.3 Å². The van der Waals surface area contributed by atoms with Gasteiger partial charge in [0.05, 0.1) is 0 Å². The molecule has 82 valence electrons. The highest BCUT2D eigenvalue weighted by molar-refractivity contribution is 9.10. The van der Waals surface area contributed by atoms with Crippen LogP contribution < -0.4 is 5.73 Å². The molecule has 1 nitrogen and oxygen atoms in total. The van der Waals surface area contributed by atoms with Crippen LogP contribution in [-0.2, 0) is 5.41 Å². The van der Waals surface area contributed by atoms with E-state index in [4.69, 9.17) is 5.73 Å². The van der Waals surface area contributed by atoms with Crippen molar-refractivity contribution in [2.24, 2.45) is 5.73 Å². The molecule has 0 saturated heterocycles. The average molecular weight is 268 g/mol. The largest absolute Gasteiger partial charge is 0.330 e. The first-order valence-electron chi connectivity index (χ1n) is 5.58. The lowest BCUT2D eigenvalue weighted by Crippen LogP contribution is -2.19. The molecule has 0 spiro atoms. The molecule has 15 heavy (non-hydrogen) atoms. The third-order valence-electron chi connectivity index (χ3n) is 3.44. The minimum atomic E-state index is 0.299. The molecule has 1 fully saturated rings. The van der Waals surface area contributed by atoms with Gasteiger partial charge in [-0.2, -0.15) is 0 Å². The van der Waals surface area contributed by atoms with Crippen LogP contribution in [0.2, 0.25) is 0 Å². The smallest absolute Gasteiger partial charge is 0.0181 e. The van der Waals surface area contributed by atoms with E-state index in [1.54, 1.807) is 0 Å². The standard InChI is InChI=1S/C13H18BrN/c1-9(2)10-5-11(7-12(14)6-10)13(8-15)3-4-13/h5-7,9H,3-4,8,15H2,1-2H3. The van der Waals surface area contributed by atoms with E-state index in [1.807, 2.05) is 0 Å². The van der Waals surface area contributed by atoms with Crippen molar-refractivity contribution >= 4 is 15.9 Å². The highest BCUT2D eigenvalue weighted by Gasteiger charge is 2.43. The molecule has 0 amide bonds. The van der Waals surface area contributed by atoms with E-state index in [2.05, 4.69) is 48.0 Å². The molecule has 2 rings (SSSR count). The monoisotopic (exact) mass is 267 g/mol. The van der Waals surface area contributed by atoms with Crippen LogP contribution in [0.15, 0.2) is 22.7 Å². The van der Waals surface area contributed by atoms with Crippen molar-refractivity contribution in [3.63, 3.8) is 0 Å². The average Bonchev–Trinajstić information content (AvgIpc) is 2.97. The van der Waals surface area contributed by atoms with Crippen LogP contribution in [0.25, 0.3) is 0 Å². The zero-order chi connectivity index (χ0) is 11.1. The van der Waals surface area contributed by atoms with Crippen LogP contribution >= 0.6 is 15.9 Å². The Bertz CT molecular complexity index is 367. The molecule has 1 saturated carbocycles. The molecule has 0 unspecified atom stereocenters. The lowest BCUT2D eigenvalue weighted by molar-refractivity contribution is 0.700. The molecule has 0 heterocycles. The van der Waals surface area contributed by atoms with Crippen molar-refractivity contribution in [3.8, 4) is 0 Å². The summed E-state index contributed by atoms with van der Waals surface area (Å²) in [5, 5.41) is 0. The van der Waals surface area contributed by atoms with Crippen LogP contribution in [0.3, 0.4) is 0 Å². The summed E-state index contributed by atoms with van der Waals surface area (Å²) in [6, 6.07) is 6.77. The number of nitrogens with two attached hydrogens (primary N) is 1. The van der Waals surface area contributed by atoms with Gasteiger partial charge in [0.25, 0.3) is 0 Å². The van der Waals surface area contributed by atoms with Crippen LogP contribution in [-0.4, -0.2) is 6.54 Å². The second kappa shape index (κ2) is 3.91. The van der Waals surface area contributed by atoms with Gasteiger partial charge in [-0.3, -0.25) is 0 Å². The van der Waals surface area contributed by atoms with Gasteiger partial charge in [0.15, 0.2) is 0 Å². The zero-order valence-corrected chi connectivity index (χ0v) is 11.0. The van der Waals surface area contributed by atoms with Crippen LogP contribution in [0.5, 0.6) is 0 Å². The maximum absolute atomic E-state index is 5.86. The maximum Gasteiger partial charge on any atom is 0.0181 e. The number of halogens is 1. The van der Waals surface area contributed by atoms with E-state index >= 15 is 0 Å². The molecule has 1 aromatic carbocycles. The SMILES string of the molecule is CC(C)c1cc(Br)cc(C2(CN)CC2)c1. The molecule has 0 atom stereocenters. The third kappa shape index (κ3) is 2.11. The van der Waals surface area contributed by atoms with Gasteiger partial charge in [0, 0.05) is 16.4 Å². The molecule has 2 heteroatoms. The van der Waals surface area contributed by atoms with Crippen LogP contribution in [0.1, 0.15) is 43.7 Å². The quantitative estimate of drug-likeness (QED) is 0.891. The fourth-order valence-corrected chi connectivity index (χ4v) is 2.52. The summed E-state index contributed by atoms with van der Waals surface area (Å²) in [4.78, 5) is 0. The van der Waals surface area contributed by atoms with Crippen molar-refractivity contribution in [2.75, 3.05) is 6.54 Å². The second-order valence-corrected chi connectivity index (χ2v) is 5.83. The topological polar surface area (TPSA) is 26.0 Å². The van der Waals surface area contributed by atoms with E-state index in [0.717, 1.165) is 6.54 Å². The maximum atomic E-state index is 5.86. The van der Waals surface area contributed by atoms with Gasteiger partial charge >= 0.3 is 0 Å². The lowest BCUT2D eigenvalue weighted by Gasteiger charge is -2.16. The predicted molar refractivity (Wildman–Crippen MR) is 68.2 cm³/mol. The van der Waals surface area contributed by atoms with E-state index in [-0.39, 0.29) is 0 Å².